The zero-order valence-electron chi connectivity index (χ0n) is 16.3. The van der Waals surface area contributed by atoms with Gasteiger partial charge in [0.1, 0.15) is 19.0 Å². The molecule has 0 spiro atoms. The van der Waals surface area contributed by atoms with Gasteiger partial charge in [-0.1, -0.05) is 6.92 Å². The van der Waals surface area contributed by atoms with E-state index in [1.807, 2.05) is 6.92 Å². The molecule has 1 aliphatic heterocycles. The number of amides is 1. The van der Waals surface area contributed by atoms with Crippen LogP contribution in [0.4, 0.5) is 5.69 Å². The van der Waals surface area contributed by atoms with Crippen molar-refractivity contribution in [3.8, 4) is 17.2 Å². The van der Waals surface area contributed by atoms with Gasteiger partial charge < -0.3 is 19.5 Å². The highest BCUT2D eigenvalue weighted by Gasteiger charge is 2.17. The lowest BCUT2D eigenvalue weighted by molar-refractivity contribution is -0.118. The van der Waals surface area contributed by atoms with Crippen molar-refractivity contribution in [3.05, 3.63) is 42.5 Å². The van der Waals surface area contributed by atoms with Crippen molar-refractivity contribution in [1.29, 1.82) is 0 Å². The summed E-state index contributed by atoms with van der Waals surface area (Å²) in [5.74, 6) is 1.27. The number of hydrogen-bond donors (Lipinski definition) is 2. The normalized spacial score (nSPS) is 14.1. The SMILES string of the molecule is CC[C@H](C)NS(=O)(=O)c1ccc(OCC(=O)Nc2ccc3c(c2)OCCO3)cc1. The van der Waals surface area contributed by atoms with E-state index >= 15 is 0 Å². The first kappa shape index (κ1) is 20.9. The molecule has 29 heavy (non-hydrogen) atoms. The Kier molecular flexibility index (Phi) is 6.60. The van der Waals surface area contributed by atoms with Crippen LogP contribution >= 0.6 is 0 Å². The minimum atomic E-state index is -3.57. The van der Waals surface area contributed by atoms with Gasteiger partial charge >= 0.3 is 0 Å². The summed E-state index contributed by atoms with van der Waals surface area (Å²) in [5, 5.41) is 2.72. The molecule has 0 bridgehead atoms. The summed E-state index contributed by atoms with van der Waals surface area (Å²) >= 11 is 0. The molecule has 0 unspecified atom stereocenters. The predicted molar refractivity (Wildman–Crippen MR) is 108 cm³/mol. The minimum absolute atomic E-state index is 0.144. The number of carbonyl (C=O) groups excluding carboxylic acids is 1. The molecule has 1 atom stereocenters. The van der Waals surface area contributed by atoms with E-state index in [9.17, 15) is 13.2 Å². The highest BCUT2D eigenvalue weighted by Crippen LogP contribution is 2.32. The van der Waals surface area contributed by atoms with Gasteiger partial charge in [0, 0.05) is 17.8 Å². The molecule has 0 aromatic heterocycles. The highest BCUT2D eigenvalue weighted by atomic mass is 32.2. The van der Waals surface area contributed by atoms with Gasteiger partial charge in [0.2, 0.25) is 10.0 Å². The molecule has 2 aromatic carbocycles. The maximum absolute atomic E-state index is 12.2. The first-order chi connectivity index (χ1) is 13.9. The van der Waals surface area contributed by atoms with Crippen molar-refractivity contribution in [2.45, 2.75) is 31.2 Å². The fourth-order valence-corrected chi connectivity index (χ4v) is 3.93. The number of rotatable bonds is 8. The van der Waals surface area contributed by atoms with Crippen molar-refractivity contribution in [1.82, 2.24) is 4.72 Å². The number of sulfonamides is 1. The second-order valence-corrected chi connectivity index (χ2v) is 8.31. The van der Waals surface area contributed by atoms with Crippen molar-refractivity contribution in [2.24, 2.45) is 0 Å². The second-order valence-electron chi connectivity index (χ2n) is 6.60. The van der Waals surface area contributed by atoms with E-state index in [1.165, 1.54) is 24.3 Å². The quantitative estimate of drug-likeness (QED) is 0.680. The third kappa shape index (κ3) is 5.61. The van der Waals surface area contributed by atoms with Crippen molar-refractivity contribution < 1.29 is 27.4 Å². The van der Waals surface area contributed by atoms with Crippen LogP contribution in [-0.4, -0.2) is 40.2 Å². The van der Waals surface area contributed by atoms with Gasteiger partial charge in [0.15, 0.2) is 18.1 Å². The Hall–Kier alpha value is -2.78. The molecule has 0 radical (unpaired) electrons. The minimum Gasteiger partial charge on any atom is -0.486 e. The van der Waals surface area contributed by atoms with Crippen LogP contribution in [0.2, 0.25) is 0 Å². The van der Waals surface area contributed by atoms with Gasteiger partial charge in [-0.05, 0) is 49.7 Å². The fourth-order valence-electron chi connectivity index (χ4n) is 2.60. The van der Waals surface area contributed by atoms with Crippen LogP contribution in [-0.2, 0) is 14.8 Å². The molecule has 3 rings (SSSR count). The van der Waals surface area contributed by atoms with Crippen molar-refractivity contribution in [3.63, 3.8) is 0 Å². The van der Waals surface area contributed by atoms with Gasteiger partial charge in [-0.25, -0.2) is 13.1 Å². The van der Waals surface area contributed by atoms with E-state index in [0.717, 1.165) is 0 Å². The van der Waals surface area contributed by atoms with Gasteiger partial charge in [-0.3, -0.25) is 4.79 Å². The van der Waals surface area contributed by atoms with E-state index in [2.05, 4.69) is 10.0 Å². The largest absolute Gasteiger partial charge is 0.486 e. The van der Waals surface area contributed by atoms with Crippen LogP contribution in [0, 0.1) is 0 Å². The van der Waals surface area contributed by atoms with Gasteiger partial charge in [0.05, 0.1) is 4.90 Å². The van der Waals surface area contributed by atoms with E-state index in [4.69, 9.17) is 14.2 Å². The van der Waals surface area contributed by atoms with Crippen LogP contribution in [0.1, 0.15) is 20.3 Å². The first-order valence-corrected chi connectivity index (χ1v) is 10.8. The molecular formula is C20H24N2O6S. The number of anilines is 1. The molecule has 2 N–H and O–H groups in total. The zero-order valence-corrected chi connectivity index (χ0v) is 17.1. The molecule has 1 aliphatic rings. The standard InChI is InChI=1S/C20H24N2O6S/c1-3-14(2)22-29(24,25)17-7-5-16(6-8-17)28-13-20(23)21-15-4-9-18-19(12-15)27-11-10-26-18/h4-9,12,14,22H,3,10-11,13H2,1-2H3,(H,21,23)/t14-/m0/s1. The van der Waals surface area contributed by atoms with E-state index < -0.39 is 10.0 Å². The Morgan fingerprint density at radius 3 is 2.48 bits per heavy atom. The zero-order chi connectivity index (χ0) is 20.9. The summed E-state index contributed by atoms with van der Waals surface area (Å²) in [6.07, 6.45) is 0.693. The Balaban J connectivity index is 1.54. The molecule has 8 nitrogen and oxygen atoms in total. The summed E-state index contributed by atoms with van der Waals surface area (Å²) in [7, 11) is -3.57. The lowest BCUT2D eigenvalue weighted by Gasteiger charge is -2.19. The third-order valence-electron chi connectivity index (χ3n) is 4.30. The van der Waals surface area contributed by atoms with Crippen LogP contribution < -0.4 is 24.2 Å². The lowest BCUT2D eigenvalue weighted by atomic mass is 10.2. The summed E-state index contributed by atoms with van der Waals surface area (Å²) < 4.78 is 43.4. The smallest absolute Gasteiger partial charge is 0.262 e. The predicted octanol–water partition coefficient (Wildman–Crippen LogP) is 2.55. The van der Waals surface area contributed by atoms with Gasteiger partial charge in [-0.15, -0.1) is 0 Å². The molecule has 0 fully saturated rings. The maximum atomic E-state index is 12.2. The molecule has 156 valence electrons. The van der Waals surface area contributed by atoms with Crippen LogP contribution in [0.25, 0.3) is 0 Å². The van der Waals surface area contributed by atoms with E-state index in [-0.39, 0.29) is 23.5 Å². The Morgan fingerprint density at radius 2 is 1.79 bits per heavy atom. The number of hydrogen-bond acceptors (Lipinski definition) is 6. The number of ether oxygens (including phenoxy) is 3. The summed E-state index contributed by atoms with van der Waals surface area (Å²) in [5.41, 5.74) is 0.570. The maximum Gasteiger partial charge on any atom is 0.262 e. The molecule has 0 saturated heterocycles. The monoisotopic (exact) mass is 420 g/mol. The summed E-state index contributed by atoms with van der Waals surface area (Å²) in [6, 6.07) is 10.9. The molecule has 1 amide bonds. The number of nitrogens with one attached hydrogen (secondary N) is 2. The summed E-state index contributed by atoms with van der Waals surface area (Å²) in [4.78, 5) is 12.3. The van der Waals surface area contributed by atoms with E-state index in [0.29, 0.717) is 42.6 Å². The third-order valence-corrected chi connectivity index (χ3v) is 5.90. The second kappa shape index (κ2) is 9.15. The Morgan fingerprint density at radius 1 is 1.10 bits per heavy atom. The van der Waals surface area contributed by atoms with Gasteiger partial charge in [0.25, 0.3) is 5.91 Å². The number of benzene rings is 2. The number of fused-ring (bicyclic) bond motifs is 1. The topological polar surface area (TPSA) is 103 Å². The van der Waals surface area contributed by atoms with Crippen LogP contribution in [0.15, 0.2) is 47.4 Å². The van der Waals surface area contributed by atoms with E-state index in [1.54, 1.807) is 25.1 Å². The Bertz CT molecular complexity index is 959. The summed E-state index contributed by atoms with van der Waals surface area (Å²) in [6.45, 7) is 4.45. The molecule has 2 aromatic rings. The Labute approximate surface area is 170 Å². The van der Waals surface area contributed by atoms with Gasteiger partial charge in [-0.2, -0.15) is 0 Å². The molecular weight excluding hydrogens is 396 g/mol. The molecule has 0 saturated carbocycles. The molecule has 9 heteroatoms. The van der Waals surface area contributed by atoms with Crippen molar-refractivity contribution >= 4 is 21.6 Å². The number of carbonyl (C=O) groups is 1. The fraction of sp³-hybridized carbons (Fsp3) is 0.350. The van der Waals surface area contributed by atoms with Crippen LogP contribution in [0.3, 0.4) is 0 Å². The average molecular weight is 420 g/mol. The first-order valence-electron chi connectivity index (χ1n) is 9.32. The molecule has 1 heterocycles. The van der Waals surface area contributed by atoms with Crippen molar-refractivity contribution in [2.75, 3.05) is 25.1 Å². The average Bonchev–Trinajstić information content (AvgIpc) is 2.72. The lowest BCUT2D eigenvalue weighted by Crippen LogP contribution is -2.31. The van der Waals surface area contributed by atoms with Crippen LogP contribution in [0.5, 0.6) is 17.2 Å². The highest BCUT2D eigenvalue weighted by molar-refractivity contribution is 7.89. The molecule has 0 aliphatic carbocycles.